The predicted molar refractivity (Wildman–Crippen MR) is 121 cm³/mol. The van der Waals surface area contributed by atoms with Gasteiger partial charge in [-0.1, -0.05) is 54.1 Å². The van der Waals surface area contributed by atoms with Crippen LogP contribution in [0, 0.1) is 5.41 Å². The molecule has 7 heteroatoms. The normalized spacial score (nSPS) is 18.5. The van der Waals surface area contributed by atoms with Gasteiger partial charge >= 0.3 is 11.9 Å². The largest absolute Gasteiger partial charge is 0.465 e. The van der Waals surface area contributed by atoms with Gasteiger partial charge in [0.1, 0.15) is 0 Å². The highest BCUT2D eigenvalue weighted by Gasteiger charge is 2.58. The number of hydrogen-bond donors (Lipinski definition) is 0. The Labute approximate surface area is 190 Å². The van der Waals surface area contributed by atoms with E-state index in [0.29, 0.717) is 15.5 Å². The molecule has 1 aliphatic rings. The Morgan fingerprint density at radius 2 is 1.68 bits per heavy atom. The average molecular weight is 459 g/mol. The van der Waals surface area contributed by atoms with Crippen molar-refractivity contribution in [2.24, 2.45) is 5.41 Å². The van der Waals surface area contributed by atoms with Crippen molar-refractivity contribution in [3.8, 4) is 0 Å². The Hall–Kier alpha value is -2.57. The van der Waals surface area contributed by atoms with Crippen LogP contribution in [0.5, 0.6) is 0 Å². The molecule has 2 aromatic carbocycles. The molecule has 0 aliphatic carbocycles. The second kappa shape index (κ2) is 10.2. The molecule has 3 rings (SSSR count). The molecule has 1 aliphatic heterocycles. The molecule has 0 unspecified atom stereocenters. The number of allylic oxidation sites excluding steroid dienone is 1. The van der Waals surface area contributed by atoms with Gasteiger partial charge in [-0.3, -0.25) is 14.4 Å². The number of carbonyl (C=O) groups is 3. The number of rotatable bonds is 7. The Kier molecular flexibility index (Phi) is 7.57. The molecule has 5 nitrogen and oxygen atoms in total. The number of carbonyl (C=O) groups excluding carboxylic acids is 3. The van der Waals surface area contributed by atoms with E-state index in [1.54, 1.807) is 38.1 Å². The van der Waals surface area contributed by atoms with Crippen molar-refractivity contribution in [3.05, 3.63) is 81.7 Å². The summed E-state index contributed by atoms with van der Waals surface area (Å²) in [5, 5.41) is 0.209. The molecular formula is C24H23ClO5S. The van der Waals surface area contributed by atoms with Crippen molar-refractivity contribution >= 4 is 41.1 Å². The first-order chi connectivity index (χ1) is 14.9. The Morgan fingerprint density at radius 1 is 1.03 bits per heavy atom. The summed E-state index contributed by atoms with van der Waals surface area (Å²) in [6.07, 6.45) is 1.49. The van der Waals surface area contributed by atoms with Crippen molar-refractivity contribution < 1.29 is 23.9 Å². The van der Waals surface area contributed by atoms with Gasteiger partial charge in [0.05, 0.1) is 13.2 Å². The number of ketones is 1. The van der Waals surface area contributed by atoms with E-state index in [-0.39, 0.29) is 30.7 Å². The summed E-state index contributed by atoms with van der Waals surface area (Å²) >= 11 is 7.33. The molecule has 0 bridgehead atoms. The smallest absolute Gasteiger partial charge is 0.328 e. The van der Waals surface area contributed by atoms with Crippen LogP contribution >= 0.6 is 23.4 Å². The van der Waals surface area contributed by atoms with Gasteiger partial charge in [-0.05, 0) is 44.0 Å². The van der Waals surface area contributed by atoms with Gasteiger partial charge < -0.3 is 9.47 Å². The fourth-order valence-electron chi connectivity index (χ4n) is 3.49. The van der Waals surface area contributed by atoms with Crippen molar-refractivity contribution in [3.63, 3.8) is 0 Å². The lowest BCUT2D eigenvalue weighted by Gasteiger charge is -2.25. The molecule has 0 N–H and O–H groups in total. The minimum absolute atomic E-state index is 0.107. The first kappa shape index (κ1) is 23.1. The van der Waals surface area contributed by atoms with Crippen LogP contribution in [0.25, 0.3) is 0 Å². The molecule has 31 heavy (non-hydrogen) atoms. The van der Waals surface area contributed by atoms with Crippen LogP contribution < -0.4 is 0 Å². The first-order valence-corrected chi connectivity index (χ1v) is 11.3. The molecule has 162 valence electrons. The van der Waals surface area contributed by atoms with Crippen LogP contribution in [0.15, 0.2) is 65.6 Å². The van der Waals surface area contributed by atoms with Gasteiger partial charge in [0.2, 0.25) is 0 Å². The van der Waals surface area contributed by atoms with E-state index in [1.807, 2.05) is 30.3 Å². The fraction of sp³-hybridized carbons (Fsp3) is 0.292. The minimum Gasteiger partial charge on any atom is -0.465 e. The molecule has 1 fully saturated rings. The van der Waals surface area contributed by atoms with Gasteiger partial charge in [-0.25, -0.2) is 0 Å². The monoisotopic (exact) mass is 458 g/mol. The van der Waals surface area contributed by atoms with Crippen LogP contribution in [0.3, 0.4) is 0 Å². The molecule has 1 heterocycles. The second-order valence-corrected chi connectivity index (χ2v) is 8.63. The lowest BCUT2D eigenvalue weighted by molar-refractivity contribution is -0.168. The van der Waals surface area contributed by atoms with Gasteiger partial charge in [0, 0.05) is 20.7 Å². The van der Waals surface area contributed by atoms with E-state index in [1.165, 1.54) is 17.8 Å². The summed E-state index contributed by atoms with van der Waals surface area (Å²) in [6.45, 7) is 3.56. The summed E-state index contributed by atoms with van der Waals surface area (Å²) in [4.78, 5) is 39.6. The molecular weight excluding hydrogens is 436 g/mol. The van der Waals surface area contributed by atoms with Crippen LogP contribution in [0.1, 0.15) is 41.4 Å². The Balaban J connectivity index is 2.11. The third kappa shape index (κ3) is 4.86. The number of thioether (sulfide) groups is 1. The van der Waals surface area contributed by atoms with E-state index in [9.17, 15) is 14.4 Å². The van der Waals surface area contributed by atoms with Gasteiger partial charge in [-0.2, -0.15) is 0 Å². The highest BCUT2D eigenvalue weighted by molar-refractivity contribution is 8.03. The molecule has 0 spiro atoms. The molecule has 1 atom stereocenters. The summed E-state index contributed by atoms with van der Waals surface area (Å²) < 4.78 is 10.6. The van der Waals surface area contributed by atoms with Crippen molar-refractivity contribution in [2.45, 2.75) is 25.5 Å². The molecule has 1 saturated heterocycles. The fourth-order valence-corrected chi connectivity index (χ4v) is 5.24. The molecule has 2 aromatic rings. The summed E-state index contributed by atoms with van der Waals surface area (Å²) in [6, 6.07) is 16.1. The van der Waals surface area contributed by atoms with E-state index < -0.39 is 17.4 Å². The van der Waals surface area contributed by atoms with E-state index in [4.69, 9.17) is 21.1 Å². The number of benzene rings is 2. The number of hydrogen-bond acceptors (Lipinski definition) is 6. The Morgan fingerprint density at radius 3 is 2.26 bits per heavy atom. The van der Waals surface area contributed by atoms with Gasteiger partial charge in [0.15, 0.2) is 11.2 Å². The second-order valence-electron chi connectivity index (χ2n) is 6.95. The van der Waals surface area contributed by atoms with Crippen LogP contribution in [-0.2, 0) is 19.1 Å². The SMILES string of the molecule is CCOC(=O)C1(C(=O)OCC)C[C@@H](c2ccccc2)S/C1=C\C(=O)c1cccc(Cl)c1. The molecule has 0 amide bonds. The van der Waals surface area contributed by atoms with Gasteiger partial charge in [-0.15, -0.1) is 11.8 Å². The lowest BCUT2D eigenvalue weighted by atomic mass is 9.81. The predicted octanol–water partition coefficient (Wildman–Crippen LogP) is 5.40. The third-order valence-corrected chi connectivity index (χ3v) is 6.65. The van der Waals surface area contributed by atoms with Crippen LogP contribution in [0.4, 0.5) is 0 Å². The zero-order chi connectivity index (χ0) is 22.4. The van der Waals surface area contributed by atoms with Crippen molar-refractivity contribution in [1.29, 1.82) is 0 Å². The van der Waals surface area contributed by atoms with E-state index in [0.717, 1.165) is 5.56 Å². The maximum Gasteiger partial charge on any atom is 0.328 e. The first-order valence-electron chi connectivity index (χ1n) is 10.0. The number of ether oxygens (including phenoxy) is 2. The summed E-state index contributed by atoms with van der Waals surface area (Å²) in [5.41, 5.74) is -0.375. The number of esters is 2. The average Bonchev–Trinajstić information content (AvgIpc) is 3.15. The van der Waals surface area contributed by atoms with Crippen molar-refractivity contribution in [2.75, 3.05) is 13.2 Å². The summed E-state index contributed by atoms with van der Waals surface area (Å²) in [5.74, 6) is -1.76. The zero-order valence-corrected chi connectivity index (χ0v) is 18.9. The molecule has 0 aromatic heterocycles. The maximum absolute atomic E-state index is 13.1. The summed E-state index contributed by atoms with van der Waals surface area (Å²) in [7, 11) is 0. The van der Waals surface area contributed by atoms with Crippen molar-refractivity contribution in [1.82, 2.24) is 0 Å². The zero-order valence-electron chi connectivity index (χ0n) is 17.3. The Bertz CT molecular complexity index is 984. The van der Waals surface area contributed by atoms with Crippen LogP contribution in [-0.4, -0.2) is 30.9 Å². The number of halogens is 1. The quantitative estimate of drug-likeness (QED) is 0.239. The highest BCUT2D eigenvalue weighted by atomic mass is 35.5. The van der Waals surface area contributed by atoms with Gasteiger partial charge in [0.25, 0.3) is 0 Å². The topological polar surface area (TPSA) is 69.7 Å². The third-order valence-electron chi connectivity index (χ3n) is 4.97. The molecule has 0 radical (unpaired) electrons. The highest BCUT2D eigenvalue weighted by Crippen LogP contribution is 2.59. The van der Waals surface area contributed by atoms with E-state index >= 15 is 0 Å². The standard InChI is InChI=1S/C24H23ClO5S/c1-3-29-22(27)24(23(28)30-4-2)15-20(16-9-6-5-7-10-16)31-21(24)14-19(26)17-11-8-12-18(25)13-17/h5-14,20H,3-4,15H2,1-2H3/b21-14-/t20-/m0/s1. The van der Waals surface area contributed by atoms with E-state index in [2.05, 4.69) is 0 Å². The minimum atomic E-state index is -1.69. The van der Waals surface area contributed by atoms with Crippen LogP contribution in [0.2, 0.25) is 5.02 Å². The maximum atomic E-state index is 13.1. The molecule has 0 saturated carbocycles. The lowest BCUT2D eigenvalue weighted by Crippen LogP contribution is -2.41.